The van der Waals surface area contributed by atoms with Crippen molar-refractivity contribution in [3.8, 4) is 5.75 Å². The van der Waals surface area contributed by atoms with E-state index in [9.17, 15) is 14.4 Å². The highest BCUT2D eigenvalue weighted by atomic mass is 32.1. The number of benzene rings is 1. The number of ether oxygens (including phenoxy) is 2. The summed E-state index contributed by atoms with van der Waals surface area (Å²) in [6.07, 6.45) is 3.05. The van der Waals surface area contributed by atoms with Crippen LogP contribution >= 0.6 is 11.3 Å². The van der Waals surface area contributed by atoms with Crippen LogP contribution in [0.3, 0.4) is 0 Å². The fourth-order valence-corrected chi connectivity index (χ4v) is 4.58. The molecule has 1 atom stereocenters. The number of aryl methyl sites for hydroxylation is 1. The maximum atomic E-state index is 12.8. The van der Waals surface area contributed by atoms with Crippen LogP contribution in [0.25, 0.3) is 0 Å². The Bertz CT molecular complexity index is 939. The molecule has 1 aromatic carbocycles. The van der Waals surface area contributed by atoms with Gasteiger partial charge in [0.25, 0.3) is 11.8 Å². The molecule has 2 aromatic rings. The molecule has 9 heteroatoms. The number of hydrogen-bond acceptors (Lipinski definition) is 7. The summed E-state index contributed by atoms with van der Waals surface area (Å²) in [7, 11) is 0. The normalized spacial score (nSPS) is 13.7. The summed E-state index contributed by atoms with van der Waals surface area (Å²) in [5, 5.41) is 3.40. The molecule has 0 aliphatic heterocycles. The third-order valence-corrected chi connectivity index (χ3v) is 6.03. The second kappa shape index (κ2) is 9.73. The van der Waals surface area contributed by atoms with Gasteiger partial charge in [-0.15, -0.1) is 11.3 Å². The van der Waals surface area contributed by atoms with E-state index in [2.05, 4.69) is 5.32 Å². The van der Waals surface area contributed by atoms with Crippen molar-refractivity contribution in [1.82, 2.24) is 5.43 Å². The second-order valence-electron chi connectivity index (χ2n) is 6.88. The van der Waals surface area contributed by atoms with Gasteiger partial charge in [-0.25, -0.2) is 10.6 Å². The Balaban J connectivity index is 1.76. The number of esters is 1. The van der Waals surface area contributed by atoms with Crippen LogP contribution in [0.4, 0.5) is 5.00 Å². The fourth-order valence-electron chi connectivity index (χ4n) is 3.31. The number of fused-ring (bicyclic) bond motifs is 1. The van der Waals surface area contributed by atoms with E-state index >= 15 is 0 Å². The molecule has 0 fully saturated rings. The van der Waals surface area contributed by atoms with E-state index in [1.165, 1.54) is 11.3 Å². The summed E-state index contributed by atoms with van der Waals surface area (Å²) in [4.78, 5) is 37.9. The molecule has 1 aliphatic carbocycles. The number of amides is 2. The molecule has 4 N–H and O–H groups in total. The van der Waals surface area contributed by atoms with Gasteiger partial charge < -0.3 is 14.8 Å². The summed E-state index contributed by atoms with van der Waals surface area (Å²) in [5.74, 6) is 4.33. The predicted octanol–water partition coefficient (Wildman–Crippen LogP) is 2.81. The Morgan fingerprint density at radius 2 is 1.87 bits per heavy atom. The first-order chi connectivity index (χ1) is 14.4. The molecule has 160 valence electrons. The van der Waals surface area contributed by atoms with E-state index in [0.717, 1.165) is 36.1 Å². The van der Waals surface area contributed by atoms with Crippen molar-refractivity contribution in [2.75, 3.05) is 11.9 Å². The molecule has 0 radical (unpaired) electrons. The van der Waals surface area contributed by atoms with Crippen LogP contribution in [-0.2, 0) is 22.4 Å². The van der Waals surface area contributed by atoms with Gasteiger partial charge in [0.1, 0.15) is 10.8 Å². The quantitative estimate of drug-likeness (QED) is 0.268. The number of hydrazine groups is 1. The van der Waals surface area contributed by atoms with Crippen molar-refractivity contribution in [1.29, 1.82) is 0 Å². The molecule has 1 heterocycles. The third kappa shape index (κ3) is 4.80. The molecule has 1 aliphatic rings. The highest BCUT2D eigenvalue weighted by Gasteiger charge is 2.27. The van der Waals surface area contributed by atoms with Crippen molar-refractivity contribution in [3.05, 3.63) is 45.8 Å². The highest BCUT2D eigenvalue weighted by molar-refractivity contribution is 7.17. The van der Waals surface area contributed by atoms with Gasteiger partial charge in [0.15, 0.2) is 6.10 Å². The van der Waals surface area contributed by atoms with E-state index < -0.39 is 18.0 Å². The standard InChI is InChI=1S/C21H25N3O5S/c1-3-28-21(27)17-15-6-4-5-7-16(15)30-20(17)23-19(26)13-8-10-14(11-9-13)29-12(2)18(25)24-22/h8-12H,3-7,22H2,1-2H3,(H,23,26)(H,24,25). The molecule has 0 saturated carbocycles. The molecule has 3 rings (SSSR count). The summed E-state index contributed by atoms with van der Waals surface area (Å²) in [6, 6.07) is 6.38. The lowest BCUT2D eigenvalue weighted by Crippen LogP contribution is -2.40. The first kappa shape index (κ1) is 21.8. The Morgan fingerprint density at radius 1 is 1.17 bits per heavy atom. The summed E-state index contributed by atoms with van der Waals surface area (Å²) >= 11 is 1.44. The average molecular weight is 432 g/mol. The molecule has 2 amide bonds. The summed E-state index contributed by atoms with van der Waals surface area (Å²) < 4.78 is 10.7. The molecule has 30 heavy (non-hydrogen) atoms. The Labute approximate surface area is 178 Å². The number of nitrogens with two attached hydrogens (primary N) is 1. The number of nitrogens with one attached hydrogen (secondary N) is 2. The van der Waals surface area contributed by atoms with Gasteiger partial charge in [0.2, 0.25) is 0 Å². The van der Waals surface area contributed by atoms with Crippen LogP contribution in [0.5, 0.6) is 5.75 Å². The van der Waals surface area contributed by atoms with Crippen LogP contribution in [0.15, 0.2) is 24.3 Å². The van der Waals surface area contributed by atoms with Crippen molar-refractivity contribution in [2.45, 2.75) is 45.6 Å². The van der Waals surface area contributed by atoms with Crippen molar-refractivity contribution < 1.29 is 23.9 Å². The SMILES string of the molecule is CCOC(=O)c1c(NC(=O)c2ccc(OC(C)C(=O)NN)cc2)sc2c1CCCC2. The van der Waals surface area contributed by atoms with Gasteiger partial charge in [-0.1, -0.05) is 0 Å². The molecule has 8 nitrogen and oxygen atoms in total. The molecule has 0 bridgehead atoms. The van der Waals surface area contributed by atoms with Gasteiger partial charge in [0, 0.05) is 10.4 Å². The van der Waals surface area contributed by atoms with E-state index in [0.29, 0.717) is 21.9 Å². The Kier molecular flexibility index (Phi) is 7.07. The minimum atomic E-state index is -0.765. The third-order valence-electron chi connectivity index (χ3n) is 4.82. The lowest BCUT2D eigenvalue weighted by atomic mass is 9.95. The Morgan fingerprint density at radius 3 is 2.53 bits per heavy atom. The van der Waals surface area contributed by atoms with Gasteiger partial charge >= 0.3 is 5.97 Å². The van der Waals surface area contributed by atoms with Crippen molar-refractivity contribution in [2.24, 2.45) is 5.84 Å². The summed E-state index contributed by atoms with van der Waals surface area (Å²) in [5.41, 5.74) is 3.90. The topological polar surface area (TPSA) is 120 Å². The molecular weight excluding hydrogens is 406 g/mol. The molecule has 1 unspecified atom stereocenters. The zero-order chi connectivity index (χ0) is 21.7. The van der Waals surface area contributed by atoms with Crippen LogP contribution in [0.1, 0.15) is 57.8 Å². The first-order valence-corrected chi connectivity index (χ1v) is 10.7. The smallest absolute Gasteiger partial charge is 0.341 e. The minimum Gasteiger partial charge on any atom is -0.481 e. The van der Waals surface area contributed by atoms with E-state index in [-0.39, 0.29) is 12.5 Å². The molecule has 0 spiro atoms. The molecular formula is C21H25N3O5S. The van der Waals surface area contributed by atoms with Gasteiger partial charge in [-0.2, -0.15) is 0 Å². The zero-order valence-corrected chi connectivity index (χ0v) is 17.8. The van der Waals surface area contributed by atoms with E-state index in [4.69, 9.17) is 15.3 Å². The summed E-state index contributed by atoms with van der Waals surface area (Å²) in [6.45, 7) is 3.60. The first-order valence-electron chi connectivity index (χ1n) is 9.84. The minimum absolute atomic E-state index is 0.277. The maximum Gasteiger partial charge on any atom is 0.341 e. The van der Waals surface area contributed by atoms with Crippen molar-refractivity contribution in [3.63, 3.8) is 0 Å². The van der Waals surface area contributed by atoms with Crippen LogP contribution in [0, 0.1) is 0 Å². The number of anilines is 1. The number of thiophene rings is 1. The van der Waals surface area contributed by atoms with Crippen LogP contribution in [0.2, 0.25) is 0 Å². The number of rotatable bonds is 7. The van der Waals surface area contributed by atoms with Gasteiger partial charge in [-0.3, -0.25) is 15.0 Å². The Hall–Kier alpha value is -2.91. The second-order valence-corrected chi connectivity index (χ2v) is 7.99. The molecule has 0 saturated heterocycles. The fraction of sp³-hybridized carbons (Fsp3) is 0.381. The van der Waals surface area contributed by atoms with E-state index in [1.54, 1.807) is 38.1 Å². The van der Waals surface area contributed by atoms with E-state index in [1.807, 2.05) is 5.43 Å². The van der Waals surface area contributed by atoms with Gasteiger partial charge in [0.05, 0.1) is 12.2 Å². The number of carbonyl (C=O) groups excluding carboxylic acids is 3. The van der Waals surface area contributed by atoms with Gasteiger partial charge in [-0.05, 0) is 69.4 Å². The zero-order valence-electron chi connectivity index (χ0n) is 16.9. The predicted molar refractivity (Wildman–Crippen MR) is 114 cm³/mol. The van der Waals surface area contributed by atoms with Crippen LogP contribution in [-0.4, -0.2) is 30.5 Å². The van der Waals surface area contributed by atoms with Crippen molar-refractivity contribution >= 4 is 34.1 Å². The number of carbonyl (C=O) groups is 3. The lowest BCUT2D eigenvalue weighted by Gasteiger charge is -2.13. The average Bonchev–Trinajstić information content (AvgIpc) is 3.11. The monoisotopic (exact) mass is 431 g/mol. The lowest BCUT2D eigenvalue weighted by molar-refractivity contribution is -0.127. The largest absolute Gasteiger partial charge is 0.481 e. The maximum absolute atomic E-state index is 12.8. The highest BCUT2D eigenvalue weighted by Crippen LogP contribution is 2.38. The van der Waals surface area contributed by atoms with Crippen LogP contribution < -0.4 is 21.3 Å². The molecule has 1 aromatic heterocycles. The number of hydrogen-bond donors (Lipinski definition) is 3.